The van der Waals surface area contributed by atoms with Crippen LogP contribution in [0.1, 0.15) is 12.5 Å². The van der Waals surface area contributed by atoms with Gasteiger partial charge in [-0.2, -0.15) is 0 Å². The molecule has 15 heavy (non-hydrogen) atoms. The van der Waals surface area contributed by atoms with E-state index in [1.165, 1.54) is 30.8 Å². The van der Waals surface area contributed by atoms with E-state index >= 15 is 0 Å². The minimum atomic E-state index is 0.650. The molecule has 1 aromatic carbocycles. The summed E-state index contributed by atoms with van der Waals surface area (Å²) in [5.74, 6) is 0. The van der Waals surface area contributed by atoms with Crippen molar-refractivity contribution < 1.29 is 0 Å². The summed E-state index contributed by atoms with van der Waals surface area (Å²) in [6.45, 7) is 4.73. The van der Waals surface area contributed by atoms with Crippen LogP contribution in [0.15, 0.2) is 24.3 Å². The van der Waals surface area contributed by atoms with Crippen LogP contribution < -0.4 is 4.90 Å². The van der Waals surface area contributed by atoms with E-state index in [0.717, 1.165) is 0 Å². The number of para-hydroxylation sites is 1. The molecule has 0 spiro atoms. The lowest BCUT2D eigenvalue weighted by molar-refractivity contribution is 0.238. The zero-order chi connectivity index (χ0) is 10.4. The van der Waals surface area contributed by atoms with Crippen molar-refractivity contribution in [1.29, 1.82) is 0 Å². The van der Waals surface area contributed by atoms with Crippen LogP contribution in [-0.4, -0.2) is 37.1 Å². The number of likely N-dealkylation sites (N-methyl/N-ethyl adjacent to an activating group) is 1. The standard InChI is InChI=1S/C13H18N2/c1-10-8-14(2)9-12-7-11-5-3-4-6-13(11)15(10)12/h3-6,10,12H,7-9H2,1-2H3. The maximum Gasteiger partial charge on any atom is 0.0461 e. The Balaban J connectivity index is 1.99. The van der Waals surface area contributed by atoms with Crippen molar-refractivity contribution in [3.8, 4) is 0 Å². The quantitative estimate of drug-likeness (QED) is 0.632. The molecule has 0 bridgehead atoms. The van der Waals surface area contributed by atoms with Crippen molar-refractivity contribution in [2.24, 2.45) is 0 Å². The third-order valence-corrected chi connectivity index (χ3v) is 3.69. The van der Waals surface area contributed by atoms with Gasteiger partial charge in [-0.25, -0.2) is 0 Å². The third kappa shape index (κ3) is 1.36. The summed E-state index contributed by atoms with van der Waals surface area (Å²) in [5.41, 5.74) is 3.01. The summed E-state index contributed by atoms with van der Waals surface area (Å²) in [5, 5.41) is 0. The number of rotatable bonds is 0. The third-order valence-electron chi connectivity index (χ3n) is 3.69. The van der Waals surface area contributed by atoms with Crippen LogP contribution in [-0.2, 0) is 6.42 Å². The number of piperazine rings is 1. The average molecular weight is 202 g/mol. The summed E-state index contributed by atoms with van der Waals surface area (Å²) in [6.07, 6.45) is 1.23. The van der Waals surface area contributed by atoms with E-state index in [1.807, 2.05) is 0 Å². The van der Waals surface area contributed by atoms with Crippen molar-refractivity contribution in [1.82, 2.24) is 4.90 Å². The lowest BCUT2D eigenvalue weighted by Crippen LogP contribution is -2.55. The highest BCUT2D eigenvalue weighted by Crippen LogP contribution is 2.35. The molecule has 2 atom stereocenters. The lowest BCUT2D eigenvalue weighted by Gasteiger charge is -2.42. The fraction of sp³-hybridized carbons (Fsp3) is 0.538. The second kappa shape index (κ2) is 3.24. The van der Waals surface area contributed by atoms with Gasteiger partial charge >= 0.3 is 0 Å². The molecule has 0 amide bonds. The molecule has 2 nitrogen and oxygen atoms in total. The Bertz CT molecular complexity index is 375. The van der Waals surface area contributed by atoms with Crippen LogP contribution in [0.5, 0.6) is 0 Å². The number of nitrogens with zero attached hydrogens (tertiary/aromatic N) is 2. The normalized spacial score (nSPS) is 30.1. The molecule has 0 saturated carbocycles. The Hall–Kier alpha value is -1.02. The summed E-state index contributed by atoms with van der Waals surface area (Å²) >= 11 is 0. The number of hydrogen-bond donors (Lipinski definition) is 0. The molecule has 0 aliphatic carbocycles. The number of anilines is 1. The van der Waals surface area contributed by atoms with E-state index in [4.69, 9.17) is 0 Å². The van der Waals surface area contributed by atoms with Gasteiger partial charge in [0, 0.05) is 30.9 Å². The van der Waals surface area contributed by atoms with Crippen LogP contribution in [0, 0.1) is 0 Å². The van der Waals surface area contributed by atoms with Gasteiger partial charge in [0.05, 0.1) is 0 Å². The molecule has 2 aliphatic heterocycles. The summed E-state index contributed by atoms with van der Waals surface area (Å²) in [4.78, 5) is 5.08. The minimum Gasteiger partial charge on any atom is -0.363 e. The molecule has 0 N–H and O–H groups in total. The SMILES string of the molecule is CC1CN(C)CC2Cc3ccccc3N12. The van der Waals surface area contributed by atoms with Crippen molar-refractivity contribution >= 4 is 5.69 Å². The van der Waals surface area contributed by atoms with Gasteiger partial charge in [0.15, 0.2) is 0 Å². The first-order chi connectivity index (χ1) is 7.25. The zero-order valence-electron chi connectivity index (χ0n) is 9.48. The van der Waals surface area contributed by atoms with Crippen molar-refractivity contribution in [3.05, 3.63) is 29.8 Å². The highest BCUT2D eigenvalue weighted by Gasteiger charge is 2.36. The van der Waals surface area contributed by atoms with Gasteiger partial charge in [-0.05, 0) is 32.0 Å². The molecule has 80 valence electrons. The molecule has 2 heterocycles. The van der Waals surface area contributed by atoms with Crippen LogP contribution in [0.4, 0.5) is 5.69 Å². The predicted molar refractivity (Wildman–Crippen MR) is 63.4 cm³/mol. The Kier molecular flexibility index (Phi) is 1.99. The monoisotopic (exact) mass is 202 g/mol. The van der Waals surface area contributed by atoms with Gasteiger partial charge < -0.3 is 9.80 Å². The highest BCUT2D eigenvalue weighted by molar-refractivity contribution is 5.60. The van der Waals surface area contributed by atoms with Crippen molar-refractivity contribution in [2.45, 2.75) is 25.4 Å². The van der Waals surface area contributed by atoms with Gasteiger partial charge in [0.1, 0.15) is 0 Å². The molecule has 2 aliphatic rings. The molecular formula is C13H18N2. The van der Waals surface area contributed by atoms with Crippen LogP contribution in [0.3, 0.4) is 0 Å². The topological polar surface area (TPSA) is 6.48 Å². The minimum absolute atomic E-state index is 0.650. The maximum absolute atomic E-state index is 2.62. The molecule has 2 unspecified atom stereocenters. The van der Waals surface area contributed by atoms with Gasteiger partial charge in [-0.15, -0.1) is 0 Å². The number of fused-ring (bicyclic) bond motifs is 3. The smallest absolute Gasteiger partial charge is 0.0461 e. The molecule has 1 fully saturated rings. The summed E-state index contributed by atoms with van der Waals surface area (Å²) < 4.78 is 0. The Morgan fingerprint density at radius 1 is 1.20 bits per heavy atom. The van der Waals surface area contributed by atoms with E-state index in [1.54, 1.807) is 0 Å². The second-order valence-corrected chi connectivity index (χ2v) is 4.96. The van der Waals surface area contributed by atoms with Crippen molar-refractivity contribution in [3.63, 3.8) is 0 Å². The van der Waals surface area contributed by atoms with E-state index in [0.29, 0.717) is 12.1 Å². The van der Waals surface area contributed by atoms with E-state index in [9.17, 15) is 0 Å². The number of benzene rings is 1. The highest BCUT2D eigenvalue weighted by atomic mass is 15.3. The van der Waals surface area contributed by atoms with Gasteiger partial charge in [0.2, 0.25) is 0 Å². The Morgan fingerprint density at radius 3 is 2.87 bits per heavy atom. The maximum atomic E-state index is 2.62. The Morgan fingerprint density at radius 2 is 2.00 bits per heavy atom. The summed E-state index contributed by atoms with van der Waals surface area (Å²) in [6, 6.07) is 10.2. The summed E-state index contributed by atoms with van der Waals surface area (Å²) in [7, 11) is 2.23. The average Bonchev–Trinajstić information content (AvgIpc) is 2.54. The van der Waals surface area contributed by atoms with Gasteiger partial charge in [0.25, 0.3) is 0 Å². The fourth-order valence-electron chi connectivity index (χ4n) is 3.21. The van der Waals surface area contributed by atoms with E-state index in [2.05, 4.69) is 48.0 Å². The zero-order valence-corrected chi connectivity index (χ0v) is 9.48. The first kappa shape index (κ1) is 9.22. The largest absolute Gasteiger partial charge is 0.363 e. The molecule has 3 rings (SSSR count). The van der Waals surface area contributed by atoms with Crippen LogP contribution in [0.25, 0.3) is 0 Å². The van der Waals surface area contributed by atoms with E-state index in [-0.39, 0.29) is 0 Å². The predicted octanol–water partition coefficient (Wildman–Crippen LogP) is 1.75. The lowest BCUT2D eigenvalue weighted by atomic mass is 10.1. The molecule has 1 saturated heterocycles. The molecule has 0 radical (unpaired) electrons. The fourth-order valence-corrected chi connectivity index (χ4v) is 3.21. The van der Waals surface area contributed by atoms with Crippen LogP contribution in [0.2, 0.25) is 0 Å². The van der Waals surface area contributed by atoms with Crippen LogP contribution >= 0.6 is 0 Å². The van der Waals surface area contributed by atoms with Gasteiger partial charge in [-0.1, -0.05) is 18.2 Å². The molecule has 1 aromatic rings. The van der Waals surface area contributed by atoms with Crippen molar-refractivity contribution in [2.75, 3.05) is 25.0 Å². The second-order valence-electron chi connectivity index (χ2n) is 4.96. The molecule has 2 heteroatoms. The number of hydrogen-bond acceptors (Lipinski definition) is 2. The first-order valence-electron chi connectivity index (χ1n) is 5.80. The van der Waals surface area contributed by atoms with E-state index < -0.39 is 0 Å². The van der Waals surface area contributed by atoms with Gasteiger partial charge in [-0.3, -0.25) is 0 Å². The molecule has 0 aromatic heterocycles. The molecular weight excluding hydrogens is 184 g/mol. The Labute approximate surface area is 91.5 Å². The first-order valence-corrected chi connectivity index (χ1v) is 5.80.